The van der Waals surface area contributed by atoms with Crippen molar-refractivity contribution in [2.75, 3.05) is 0 Å². The number of nitrogens with zero attached hydrogens (tertiary/aromatic N) is 1. The molecule has 2 N–H and O–H groups in total. The fourth-order valence-electron chi connectivity index (χ4n) is 1.83. The molecule has 0 aliphatic carbocycles. The van der Waals surface area contributed by atoms with Crippen LogP contribution >= 0.6 is 12.2 Å². The molecule has 3 nitrogen and oxygen atoms in total. The third kappa shape index (κ3) is 3.06. The molecule has 1 heterocycles. The van der Waals surface area contributed by atoms with Crippen LogP contribution in [0.5, 0.6) is 11.5 Å². The minimum absolute atomic E-state index is 0.205. The molecular formula is C14H13FN2OS. The highest BCUT2D eigenvalue weighted by Gasteiger charge is 2.13. The summed E-state index contributed by atoms with van der Waals surface area (Å²) in [5, 5.41) is 0. The van der Waals surface area contributed by atoms with E-state index in [0.717, 1.165) is 5.69 Å². The number of halogens is 1. The van der Waals surface area contributed by atoms with Gasteiger partial charge in [-0.2, -0.15) is 0 Å². The summed E-state index contributed by atoms with van der Waals surface area (Å²) in [6, 6.07) is 7.62. The summed E-state index contributed by atoms with van der Waals surface area (Å²) >= 11 is 5.01. The molecule has 0 saturated heterocycles. The predicted octanol–water partition coefficient (Wildman–Crippen LogP) is 3.26. The maximum atomic E-state index is 13.1. The number of hydrogen-bond acceptors (Lipinski definition) is 3. The van der Waals surface area contributed by atoms with Gasteiger partial charge in [-0.25, -0.2) is 4.39 Å². The number of thiocarbonyl (C=S) groups is 1. The highest BCUT2D eigenvalue weighted by molar-refractivity contribution is 7.80. The van der Waals surface area contributed by atoms with Crippen LogP contribution in [0, 0.1) is 19.7 Å². The second-order valence-electron chi connectivity index (χ2n) is 4.15. The molecule has 2 rings (SSSR count). The van der Waals surface area contributed by atoms with Gasteiger partial charge >= 0.3 is 0 Å². The Balaban J connectivity index is 2.47. The topological polar surface area (TPSA) is 48.1 Å². The molecule has 0 radical (unpaired) electrons. The number of aryl methyl sites for hydroxylation is 2. The molecule has 19 heavy (non-hydrogen) atoms. The minimum Gasteiger partial charge on any atom is -0.456 e. The van der Waals surface area contributed by atoms with Crippen molar-refractivity contribution in [3.8, 4) is 11.5 Å². The monoisotopic (exact) mass is 276 g/mol. The van der Waals surface area contributed by atoms with Crippen molar-refractivity contribution in [3.63, 3.8) is 0 Å². The Hall–Kier alpha value is -2.01. The van der Waals surface area contributed by atoms with Gasteiger partial charge in [0.25, 0.3) is 0 Å². The van der Waals surface area contributed by atoms with Gasteiger partial charge in [0, 0.05) is 17.8 Å². The van der Waals surface area contributed by atoms with E-state index in [9.17, 15) is 4.39 Å². The van der Waals surface area contributed by atoms with E-state index in [4.69, 9.17) is 22.7 Å². The standard InChI is InChI=1S/C14H13FN2OS/c1-8-6-12(13(14(16)19)9(2)17-8)18-11-5-3-4-10(15)7-11/h3-7H,1-2H3,(H2,16,19). The zero-order chi connectivity index (χ0) is 14.0. The van der Waals surface area contributed by atoms with Gasteiger partial charge in [-0.15, -0.1) is 0 Å². The van der Waals surface area contributed by atoms with Crippen molar-refractivity contribution in [1.29, 1.82) is 0 Å². The summed E-state index contributed by atoms with van der Waals surface area (Å²) in [5.74, 6) is 0.516. The fraction of sp³-hybridized carbons (Fsp3) is 0.143. The van der Waals surface area contributed by atoms with Gasteiger partial charge in [0.15, 0.2) is 0 Å². The number of aromatic nitrogens is 1. The van der Waals surface area contributed by atoms with Gasteiger partial charge in [-0.3, -0.25) is 4.98 Å². The largest absolute Gasteiger partial charge is 0.456 e. The maximum absolute atomic E-state index is 13.1. The molecule has 0 amide bonds. The third-order valence-corrected chi connectivity index (χ3v) is 2.77. The Bertz CT molecular complexity index is 643. The SMILES string of the molecule is Cc1cc(Oc2cccc(F)c2)c(C(N)=S)c(C)n1. The van der Waals surface area contributed by atoms with E-state index in [2.05, 4.69) is 4.98 Å². The first-order valence-corrected chi connectivity index (χ1v) is 6.09. The van der Waals surface area contributed by atoms with E-state index < -0.39 is 0 Å². The Morgan fingerprint density at radius 3 is 2.68 bits per heavy atom. The Morgan fingerprint density at radius 1 is 1.32 bits per heavy atom. The fourth-order valence-corrected chi connectivity index (χ4v) is 2.08. The number of rotatable bonds is 3. The minimum atomic E-state index is -0.364. The van der Waals surface area contributed by atoms with Crippen LogP contribution in [0.25, 0.3) is 0 Å². The van der Waals surface area contributed by atoms with Crippen LogP contribution in [0.3, 0.4) is 0 Å². The molecule has 0 bridgehead atoms. The van der Waals surface area contributed by atoms with E-state index in [1.807, 2.05) is 6.92 Å². The van der Waals surface area contributed by atoms with Crippen molar-refractivity contribution in [2.24, 2.45) is 5.73 Å². The van der Waals surface area contributed by atoms with E-state index >= 15 is 0 Å². The average Bonchev–Trinajstić information content (AvgIpc) is 2.26. The van der Waals surface area contributed by atoms with Crippen LogP contribution in [0.2, 0.25) is 0 Å². The van der Waals surface area contributed by atoms with E-state index in [-0.39, 0.29) is 10.8 Å². The number of ether oxygens (including phenoxy) is 1. The molecule has 5 heteroatoms. The molecule has 2 aromatic rings. The van der Waals surface area contributed by atoms with Crippen molar-refractivity contribution in [3.05, 3.63) is 53.1 Å². The molecule has 0 aliphatic heterocycles. The Morgan fingerprint density at radius 2 is 2.05 bits per heavy atom. The van der Waals surface area contributed by atoms with E-state index in [1.54, 1.807) is 25.1 Å². The van der Waals surface area contributed by atoms with E-state index in [0.29, 0.717) is 22.8 Å². The lowest BCUT2D eigenvalue weighted by atomic mass is 10.1. The number of nitrogens with two attached hydrogens (primary N) is 1. The van der Waals surface area contributed by atoms with Gasteiger partial charge in [-0.05, 0) is 26.0 Å². The summed E-state index contributed by atoms with van der Waals surface area (Å²) in [6.45, 7) is 3.65. The van der Waals surface area contributed by atoms with Crippen LogP contribution in [-0.2, 0) is 0 Å². The molecule has 98 valence electrons. The van der Waals surface area contributed by atoms with Gasteiger partial charge in [0.1, 0.15) is 22.3 Å². The van der Waals surface area contributed by atoms with Gasteiger partial charge in [0.2, 0.25) is 0 Å². The van der Waals surface area contributed by atoms with Gasteiger partial charge in [-0.1, -0.05) is 18.3 Å². The second-order valence-corrected chi connectivity index (χ2v) is 4.59. The normalized spacial score (nSPS) is 10.3. The number of hydrogen-bond donors (Lipinski definition) is 1. The molecule has 1 aromatic heterocycles. The summed E-state index contributed by atoms with van der Waals surface area (Å²) in [7, 11) is 0. The van der Waals surface area contributed by atoms with Crippen molar-refractivity contribution < 1.29 is 9.13 Å². The van der Waals surface area contributed by atoms with Crippen LogP contribution in [-0.4, -0.2) is 9.97 Å². The van der Waals surface area contributed by atoms with Gasteiger partial charge < -0.3 is 10.5 Å². The average molecular weight is 276 g/mol. The Kier molecular flexibility index (Phi) is 3.76. The molecule has 1 aromatic carbocycles. The number of benzene rings is 1. The highest BCUT2D eigenvalue weighted by atomic mass is 32.1. The lowest BCUT2D eigenvalue weighted by molar-refractivity contribution is 0.474. The molecule has 0 aliphatic rings. The zero-order valence-electron chi connectivity index (χ0n) is 10.6. The van der Waals surface area contributed by atoms with Crippen molar-refractivity contribution in [1.82, 2.24) is 4.98 Å². The van der Waals surface area contributed by atoms with Crippen molar-refractivity contribution >= 4 is 17.2 Å². The predicted molar refractivity (Wildman–Crippen MR) is 76.1 cm³/mol. The summed E-state index contributed by atoms with van der Waals surface area (Å²) in [6.07, 6.45) is 0. The third-order valence-electron chi connectivity index (χ3n) is 2.56. The van der Waals surface area contributed by atoms with Crippen molar-refractivity contribution in [2.45, 2.75) is 13.8 Å². The molecule has 0 unspecified atom stereocenters. The molecule has 0 atom stereocenters. The molecule has 0 spiro atoms. The van der Waals surface area contributed by atoms with Crippen LogP contribution in [0.15, 0.2) is 30.3 Å². The smallest absolute Gasteiger partial charge is 0.141 e. The summed E-state index contributed by atoms with van der Waals surface area (Å²) < 4.78 is 18.8. The van der Waals surface area contributed by atoms with Gasteiger partial charge in [0.05, 0.1) is 11.3 Å². The first-order chi connectivity index (χ1) is 8.97. The van der Waals surface area contributed by atoms with Crippen LogP contribution in [0.1, 0.15) is 17.0 Å². The Labute approximate surface area is 116 Å². The molecular weight excluding hydrogens is 263 g/mol. The summed E-state index contributed by atoms with van der Waals surface area (Å²) in [4.78, 5) is 4.50. The van der Waals surface area contributed by atoms with E-state index in [1.165, 1.54) is 12.1 Å². The summed E-state index contributed by atoms with van der Waals surface area (Å²) in [5.41, 5.74) is 7.74. The molecule has 0 saturated carbocycles. The number of pyridine rings is 1. The first-order valence-electron chi connectivity index (χ1n) is 5.69. The van der Waals surface area contributed by atoms with Crippen LogP contribution < -0.4 is 10.5 Å². The van der Waals surface area contributed by atoms with Crippen LogP contribution in [0.4, 0.5) is 4.39 Å². The molecule has 0 fully saturated rings. The highest BCUT2D eigenvalue weighted by Crippen LogP contribution is 2.28. The second kappa shape index (κ2) is 5.32. The zero-order valence-corrected chi connectivity index (χ0v) is 11.4. The quantitative estimate of drug-likeness (QED) is 0.874. The maximum Gasteiger partial charge on any atom is 0.141 e. The lowest BCUT2D eigenvalue weighted by Gasteiger charge is -2.13. The lowest BCUT2D eigenvalue weighted by Crippen LogP contribution is -2.14. The first kappa shape index (κ1) is 13.4.